The maximum absolute atomic E-state index is 5.94. The van der Waals surface area contributed by atoms with Crippen molar-refractivity contribution in [2.45, 2.75) is 42.7 Å². The largest absolute Gasteiger partial charge is 0.440 e. The summed E-state index contributed by atoms with van der Waals surface area (Å²) >= 11 is 1.68. The second kappa shape index (κ2) is 3.72. The first-order valence-corrected chi connectivity index (χ1v) is 5.48. The average molecular weight is 198 g/mol. The van der Waals surface area contributed by atoms with Crippen LogP contribution in [0.2, 0.25) is 0 Å². The molecule has 0 spiro atoms. The van der Waals surface area contributed by atoms with Crippen molar-refractivity contribution >= 4 is 11.8 Å². The van der Waals surface area contributed by atoms with Gasteiger partial charge in [-0.1, -0.05) is 18.2 Å². The highest BCUT2D eigenvalue weighted by Gasteiger charge is 2.26. The molecule has 1 heterocycles. The molecular weight excluding hydrogens is 184 g/mol. The van der Waals surface area contributed by atoms with Crippen molar-refractivity contribution in [3.63, 3.8) is 0 Å². The predicted molar refractivity (Wildman–Crippen MR) is 52.7 cm³/mol. The molecule has 72 valence electrons. The van der Waals surface area contributed by atoms with Crippen molar-refractivity contribution in [1.29, 1.82) is 0 Å². The second-order valence-electron chi connectivity index (χ2n) is 3.51. The SMILES string of the molecule is Cc1coc(SC2CCCC2N)n1. The zero-order chi connectivity index (χ0) is 9.26. The zero-order valence-corrected chi connectivity index (χ0v) is 8.51. The molecule has 3 nitrogen and oxygen atoms in total. The van der Waals surface area contributed by atoms with Crippen LogP contribution in [0.1, 0.15) is 25.0 Å². The summed E-state index contributed by atoms with van der Waals surface area (Å²) in [4.78, 5) is 4.25. The molecule has 4 heteroatoms. The third kappa shape index (κ3) is 2.06. The molecule has 0 bridgehead atoms. The van der Waals surface area contributed by atoms with Crippen molar-refractivity contribution in [2.24, 2.45) is 5.73 Å². The molecule has 0 radical (unpaired) electrons. The van der Waals surface area contributed by atoms with Gasteiger partial charge in [0, 0.05) is 11.3 Å². The Labute approximate surface area is 82.1 Å². The van der Waals surface area contributed by atoms with Gasteiger partial charge in [-0.15, -0.1) is 0 Å². The van der Waals surface area contributed by atoms with Crippen molar-refractivity contribution in [3.05, 3.63) is 12.0 Å². The van der Waals surface area contributed by atoms with Crippen LogP contribution in [0.25, 0.3) is 0 Å². The fraction of sp³-hybridized carbons (Fsp3) is 0.667. The van der Waals surface area contributed by atoms with Gasteiger partial charge in [-0.3, -0.25) is 0 Å². The van der Waals surface area contributed by atoms with Gasteiger partial charge >= 0.3 is 0 Å². The van der Waals surface area contributed by atoms with Crippen LogP contribution in [0.3, 0.4) is 0 Å². The molecule has 2 N–H and O–H groups in total. The Morgan fingerprint density at radius 1 is 1.62 bits per heavy atom. The Morgan fingerprint density at radius 3 is 3.00 bits per heavy atom. The van der Waals surface area contributed by atoms with Crippen LogP contribution in [-0.2, 0) is 0 Å². The third-order valence-electron chi connectivity index (χ3n) is 2.35. The van der Waals surface area contributed by atoms with E-state index in [1.807, 2.05) is 6.92 Å². The minimum Gasteiger partial charge on any atom is -0.440 e. The number of hydrogen-bond donors (Lipinski definition) is 1. The highest BCUT2D eigenvalue weighted by Crippen LogP contribution is 2.33. The van der Waals surface area contributed by atoms with E-state index in [2.05, 4.69) is 4.98 Å². The number of hydrogen-bond acceptors (Lipinski definition) is 4. The lowest BCUT2D eigenvalue weighted by Gasteiger charge is -2.11. The number of oxazole rings is 1. The van der Waals surface area contributed by atoms with Crippen molar-refractivity contribution in [2.75, 3.05) is 0 Å². The van der Waals surface area contributed by atoms with E-state index >= 15 is 0 Å². The van der Waals surface area contributed by atoms with Crippen LogP contribution >= 0.6 is 11.8 Å². The lowest BCUT2D eigenvalue weighted by molar-refractivity contribution is 0.452. The molecule has 0 aliphatic heterocycles. The highest BCUT2D eigenvalue weighted by atomic mass is 32.2. The van der Waals surface area contributed by atoms with Gasteiger partial charge in [0.25, 0.3) is 5.22 Å². The lowest BCUT2D eigenvalue weighted by Crippen LogP contribution is -2.26. The van der Waals surface area contributed by atoms with Crippen molar-refractivity contribution < 1.29 is 4.42 Å². The van der Waals surface area contributed by atoms with Crippen molar-refractivity contribution in [3.8, 4) is 0 Å². The first-order chi connectivity index (χ1) is 6.25. The van der Waals surface area contributed by atoms with E-state index in [0.29, 0.717) is 11.3 Å². The molecule has 2 atom stereocenters. The summed E-state index contributed by atoms with van der Waals surface area (Å²) in [6, 6.07) is 0.317. The van der Waals surface area contributed by atoms with Crippen LogP contribution in [0.15, 0.2) is 15.9 Å². The predicted octanol–water partition coefficient (Wildman–Crippen LogP) is 1.95. The summed E-state index contributed by atoms with van der Waals surface area (Å²) in [7, 11) is 0. The van der Waals surface area contributed by atoms with Gasteiger partial charge in [0.05, 0.1) is 5.69 Å². The lowest BCUT2D eigenvalue weighted by atomic mass is 10.3. The molecule has 0 amide bonds. The molecule has 1 aromatic rings. The van der Waals surface area contributed by atoms with Gasteiger partial charge in [-0.25, -0.2) is 4.98 Å². The van der Waals surface area contributed by atoms with E-state index in [4.69, 9.17) is 10.2 Å². The standard InChI is InChI=1S/C9H14N2OS/c1-6-5-12-9(11-6)13-8-4-2-3-7(8)10/h5,7-8H,2-4,10H2,1H3. The van der Waals surface area contributed by atoms with E-state index in [-0.39, 0.29) is 0 Å². The minimum atomic E-state index is 0.317. The molecule has 1 aliphatic rings. The molecule has 2 rings (SSSR count). The molecule has 1 aliphatic carbocycles. The van der Waals surface area contributed by atoms with Crippen LogP contribution < -0.4 is 5.73 Å². The summed E-state index contributed by atoms with van der Waals surface area (Å²) in [6.07, 6.45) is 5.24. The smallest absolute Gasteiger partial charge is 0.256 e. The number of rotatable bonds is 2. The molecule has 1 aromatic heterocycles. The van der Waals surface area contributed by atoms with Gasteiger partial charge in [-0.2, -0.15) is 0 Å². The summed E-state index contributed by atoms with van der Waals surface area (Å²) < 4.78 is 5.27. The quantitative estimate of drug-likeness (QED) is 0.789. The fourth-order valence-electron chi connectivity index (χ4n) is 1.62. The first kappa shape index (κ1) is 9.09. The van der Waals surface area contributed by atoms with Crippen LogP contribution in [0, 0.1) is 6.92 Å². The summed E-state index contributed by atoms with van der Waals surface area (Å²) in [5.41, 5.74) is 6.88. The molecule has 1 saturated carbocycles. The Hall–Kier alpha value is -0.480. The number of thioether (sulfide) groups is 1. The molecule has 0 aromatic carbocycles. The van der Waals surface area contributed by atoms with E-state index in [1.54, 1.807) is 18.0 Å². The minimum absolute atomic E-state index is 0.317. The number of nitrogens with zero attached hydrogens (tertiary/aromatic N) is 1. The molecular formula is C9H14N2OS. The van der Waals surface area contributed by atoms with E-state index < -0.39 is 0 Å². The highest BCUT2D eigenvalue weighted by molar-refractivity contribution is 7.99. The van der Waals surface area contributed by atoms with Crippen molar-refractivity contribution in [1.82, 2.24) is 4.98 Å². The van der Waals surface area contributed by atoms with Gasteiger partial charge in [0.1, 0.15) is 6.26 Å². The van der Waals surface area contributed by atoms with Crippen LogP contribution in [-0.4, -0.2) is 16.3 Å². The van der Waals surface area contributed by atoms with Crippen LogP contribution in [0.5, 0.6) is 0 Å². The topological polar surface area (TPSA) is 52.0 Å². The van der Waals surface area contributed by atoms with E-state index in [0.717, 1.165) is 17.3 Å². The zero-order valence-electron chi connectivity index (χ0n) is 7.69. The summed E-state index contributed by atoms with van der Waals surface area (Å²) in [6.45, 7) is 1.93. The Kier molecular flexibility index (Phi) is 2.60. The van der Waals surface area contributed by atoms with Gasteiger partial charge in [0.2, 0.25) is 0 Å². The van der Waals surface area contributed by atoms with E-state index in [9.17, 15) is 0 Å². The maximum Gasteiger partial charge on any atom is 0.256 e. The average Bonchev–Trinajstić information content (AvgIpc) is 2.64. The first-order valence-electron chi connectivity index (χ1n) is 4.60. The van der Waals surface area contributed by atoms with Crippen LogP contribution in [0.4, 0.5) is 0 Å². The Bertz CT molecular complexity index is 287. The van der Waals surface area contributed by atoms with E-state index in [1.165, 1.54) is 12.8 Å². The fourth-order valence-corrected chi connectivity index (χ4v) is 2.77. The number of aromatic nitrogens is 1. The molecule has 0 saturated heterocycles. The van der Waals surface area contributed by atoms with Gasteiger partial charge < -0.3 is 10.2 Å². The molecule has 2 unspecified atom stereocenters. The third-order valence-corrected chi connectivity index (χ3v) is 3.63. The number of aryl methyl sites for hydroxylation is 1. The summed E-state index contributed by atoms with van der Waals surface area (Å²) in [5.74, 6) is 0. The Morgan fingerprint density at radius 2 is 2.46 bits per heavy atom. The van der Waals surface area contributed by atoms with Gasteiger partial charge in [-0.05, 0) is 19.8 Å². The second-order valence-corrected chi connectivity index (χ2v) is 4.70. The monoisotopic (exact) mass is 198 g/mol. The summed E-state index contributed by atoms with van der Waals surface area (Å²) in [5, 5.41) is 1.26. The normalized spacial score (nSPS) is 28.2. The maximum atomic E-state index is 5.94. The van der Waals surface area contributed by atoms with Gasteiger partial charge in [0.15, 0.2) is 0 Å². The molecule has 1 fully saturated rings. The Balaban J connectivity index is 1.97. The molecule has 13 heavy (non-hydrogen) atoms. The number of nitrogens with two attached hydrogens (primary N) is 1.